The molecule has 114 valence electrons. The fourth-order valence-electron chi connectivity index (χ4n) is 1.96. The SMILES string of the molecule is CCS(=O)(=O)NCc1cc(C(C)(C)C)c(OC)cc1C. The zero-order valence-electron chi connectivity index (χ0n) is 13.2. The predicted octanol–water partition coefficient (Wildman–Crippen LogP) is 2.74. The van der Waals surface area contributed by atoms with Gasteiger partial charge in [0.15, 0.2) is 0 Å². The molecular weight excluding hydrogens is 274 g/mol. The van der Waals surface area contributed by atoms with Crippen LogP contribution in [0.15, 0.2) is 12.1 Å². The number of nitrogens with one attached hydrogen (secondary N) is 1. The Balaban J connectivity index is 3.16. The first-order valence-corrected chi connectivity index (χ1v) is 8.41. The number of hydrogen-bond donors (Lipinski definition) is 1. The van der Waals surface area contributed by atoms with Crippen LogP contribution in [0, 0.1) is 6.92 Å². The third-order valence-electron chi connectivity index (χ3n) is 3.33. The van der Waals surface area contributed by atoms with Crippen LogP contribution in [-0.2, 0) is 22.0 Å². The molecule has 0 aliphatic carbocycles. The normalized spacial score (nSPS) is 12.5. The summed E-state index contributed by atoms with van der Waals surface area (Å²) in [4.78, 5) is 0. The van der Waals surface area contributed by atoms with E-state index in [1.165, 1.54) is 0 Å². The summed E-state index contributed by atoms with van der Waals surface area (Å²) in [7, 11) is -1.52. The van der Waals surface area contributed by atoms with Gasteiger partial charge >= 0.3 is 0 Å². The molecule has 0 unspecified atom stereocenters. The van der Waals surface area contributed by atoms with Gasteiger partial charge in [-0.25, -0.2) is 13.1 Å². The number of benzene rings is 1. The third kappa shape index (κ3) is 4.21. The molecule has 0 saturated carbocycles. The van der Waals surface area contributed by atoms with Crippen molar-refractivity contribution in [2.45, 2.75) is 46.6 Å². The largest absolute Gasteiger partial charge is 0.496 e. The topological polar surface area (TPSA) is 55.4 Å². The number of methoxy groups -OCH3 is 1. The van der Waals surface area contributed by atoms with Crippen molar-refractivity contribution in [1.29, 1.82) is 0 Å². The van der Waals surface area contributed by atoms with E-state index in [0.717, 1.165) is 22.4 Å². The van der Waals surface area contributed by atoms with E-state index >= 15 is 0 Å². The van der Waals surface area contributed by atoms with E-state index < -0.39 is 10.0 Å². The Bertz CT molecular complexity index is 572. The first-order valence-electron chi connectivity index (χ1n) is 6.76. The van der Waals surface area contributed by atoms with Crippen LogP contribution in [0.25, 0.3) is 0 Å². The first-order chi connectivity index (χ1) is 9.10. The van der Waals surface area contributed by atoms with Gasteiger partial charge in [-0.3, -0.25) is 0 Å². The molecule has 0 fully saturated rings. The van der Waals surface area contributed by atoms with Crippen molar-refractivity contribution in [2.24, 2.45) is 0 Å². The Hall–Kier alpha value is -1.07. The van der Waals surface area contributed by atoms with Crippen LogP contribution in [0.4, 0.5) is 0 Å². The van der Waals surface area contributed by atoms with Crippen molar-refractivity contribution >= 4 is 10.0 Å². The van der Waals surface area contributed by atoms with E-state index in [4.69, 9.17) is 4.74 Å². The molecule has 4 nitrogen and oxygen atoms in total. The van der Waals surface area contributed by atoms with Gasteiger partial charge in [-0.2, -0.15) is 0 Å². The van der Waals surface area contributed by atoms with Crippen LogP contribution >= 0.6 is 0 Å². The van der Waals surface area contributed by atoms with Crippen molar-refractivity contribution < 1.29 is 13.2 Å². The molecule has 1 aromatic carbocycles. The molecule has 1 rings (SSSR count). The van der Waals surface area contributed by atoms with Crippen LogP contribution in [0.5, 0.6) is 5.75 Å². The molecule has 5 heteroatoms. The van der Waals surface area contributed by atoms with E-state index in [0.29, 0.717) is 6.54 Å². The highest BCUT2D eigenvalue weighted by molar-refractivity contribution is 7.89. The number of ether oxygens (including phenoxy) is 1. The summed E-state index contributed by atoms with van der Waals surface area (Å²) in [6.07, 6.45) is 0. The molecule has 0 heterocycles. The Labute approximate surface area is 122 Å². The molecule has 1 aromatic rings. The summed E-state index contributed by atoms with van der Waals surface area (Å²) in [5.41, 5.74) is 3.02. The minimum atomic E-state index is -3.18. The fraction of sp³-hybridized carbons (Fsp3) is 0.600. The van der Waals surface area contributed by atoms with Gasteiger partial charge in [0.05, 0.1) is 12.9 Å². The average molecular weight is 299 g/mol. The summed E-state index contributed by atoms with van der Waals surface area (Å²) in [6, 6.07) is 4.00. The third-order valence-corrected chi connectivity index (χ3v) is 4.67. The van der Waals surface area contributed by atoms with E-state index in [1.54, 1.807) is 14.0 Å². The molecule has 0 spiro atoms. The molecule has 0 aliphatic rings. The summed E-state index contributed by atoms with van der Waals surface area (Å²) >= 11 is 0. The minimum absolute atomic E-state index is 0.0581. The van der Waals surface area contributed by atoms with Crippen LogP contribution in [0.3, 0.4) is 0 Å². The minimum Gasteiger partial charge on any atom is -0.496 e. The Morgan fingerprint density at radius 1 is 1.25 bits per heavy atom. The smallest absolute Gasteiger partial charge is 0.211 e. The van der Waals surface area contributed by atoms with Gasteiger partial charge in [0.1, 0.15) is 5.75 Å². The van der Waals surface area contributed by atoms with Crippen molar-refractivity contribution in [2.75, 3.05) is 12.9 Å². The highest BCUT2D eigenvalue weighted by Crippen LogP contribution is 2.33. The van der Waals surface area contributed by atoms with Crippen molar-refractivity contribution in [1.82, 2.24) is 4.72 Å². The highest BCUT2D eigenvalue weighted by atomic mass is 32.2. The Morgan fingerprint density at radius 2 is 1.85 bits per heavy atom. The number of hydrogen-bond acceptors (Lipinski definition) is 3. The van der Waals surface area contributed by atoms with Crippen molar-refractivity contribution in [3.63, 3.8) is 0 Å². The lowest BCUT2D eigenvalue weighted by Crippen LogP contribution is -2.25. The Kier molecular flexibility index (Phi) is 5.21. The van der Waals surface area contributed by atoms with E-state index in [2.05, 4.69) is 25.5 Å². The van der Waals surface area contributed by atoms with Crippen molar-refractivity contribution in [3.05, 3.63) is 28.8 Å². The zero-order chi connectivity index (χ0) is 15.6. The number of rotatable bonds is 5. The lowest BCUT2D eigenvalue weighted by molar-refractivity contribution is 0.397. The van der Waals surface area contributed by atoms with Gasteiger partial charge in [-0.1, -0.05) is 20.8 Å². The maximum atomic E-state index is 11.6. The second kappa shape index (κ2) is 6.14. The van der Waals surface area contributed by atoms with Crippen LogP contribution in [-0.4, -0.2) is 21.3 Å². The van der Waals surface area contributed by atoms with Gasteiger partial charge in [-0.05, 0) is 48.1 Å². The van der Waals surface area contributed by atoms with Gasteiger partial charge in [0.25, 0.3) is 0 Å². The number of sulfonamides is 1. The molecule has 0 radical (unpaired) electrons. The maximum absolute atomic E-state index is 11.6. The van der Waals surface area contributed by atoms with Crippen LogP contribution in [0.2, 0.25) is 0 Å². The standard InChI is InChI=1S/C15H25NO3S/c1-7-20(17,18)16-10-12-9-13(15(3,4)5)14(19-6)8-11(12)2/h8-9,16H,7,10H2,1-6H3. The highest BCUT2D eigenvalue weighted by Gasteiger charge is 2.20. The Morgan fingerprint density at radius 3 is 2.30 bits per heavy atom. The van der Waals surface area contributed by atoms with Crippen LogP contribution < -0.4 is 9.46 Å². The molecular formula is C15H25NO3S. The predicted molar refractivity (Wildman–Crippen MR) is 82.7 cm³/mol. The summed E-state index contributed by atoms with van der Waals surface area (Å²) in [5, 5.41) is 0. The van der Waals surface area contributed by atoms with Gasteiger partial charge < -0.3 is 4.74 Å². The van der Waals surface area contributed by atoms with E-state index in [9.17, 15) is 8.42 Å². The summed E-state index contributed by atoms with van der Waals surface area (Å²) < 4.78 is 31.2. The van der Waals surface area contributed by atoms with Crippen molar-refractivity contribution in [3.8, 4) is 5.75 Å². The molecule has 1 N–H and O–H groups in total. The summed E-state index contributed by atoms with van der Waals surface area (Å²) in [6.45, 7) is 10.2. The molecule has 0 saturated heterocycles. The maximum Gasteiger partial charge on any atom is 0.211 e. The molecule has 0 aromatic heterocycles. The lowest BCUT2D eigenvalue weighted by Gasteiger charge is -2.24. The number of aryl methyl sites for hydroxylation is 1. The second-order valence-electron chi connectivity index (χ2n) is 5.95. The lowest BCUT2D eigenvalue weighted by atomic mass is 9.84. The van der Waals surface area contributed by atoms with E-state index in [1.807, 2.05) is 19.1 Å². The fourth-order valence-corrected chi connectivity index (χ4v) is 2.54. The molecule has 0 aliphatic heterocycles. The molecule has 0 amide bonds. The van der Waals surface area contributed by atoms with Gasteiger partial charge in [-0.15, -0.1) is 0 Å². The zero-order valence-corrected chi connectivity index (χ0v) is 14.0. The average Bonchev–Trinajstić information content (AvgIpc) is 2.35. The molecule has 0 atom stereocenters. The van der Waals surface area contributed by atoms with Gasteiger partial charge in [0.2, 0.25) is 10.0 Å². The quantitative estimate of drug-likeness (QED) is 0.909. The second-order valence-corrected chi connectivity index (χ2v) is 8.05. The van der Waals surface area contributed by atoms with Crippen LogP contribution in [0.1, 0.15) is 44.4 Å². The molecule has 20 heavy (non-hydrogen) atoms. The monoisotopic (exact) mass is 299 g/mol. The van der Waals surface area contributed by atoms with Gasteiger partial charge in [0, 0.05) is 6.54 Å². The first kappa shape index (κ1) is 17.0. The summed E-state index contributed by atoms with van der Waals surface area (Å²) in [5.74, 6) is 0.936. The molecule has 0 bridgehead atoms. The van der Waals surface area contributed by atoms with E-state index in [-0.39, 0.29) is 11.2 Å².